The molecule has 0 aromatic heterocycles. The highest BCUT2D eigenvalue weighted by Gasteiger charge is 2.23. The van der Waals surface area contributed by atoms with Crippen LogP contribution in [-0.4, -0.2) is 25.1 Å². The number of halogens is 1. The van der Waals surface area contributed by atoms with Gasteiger partial charge in [0, 0.05) is 23.9 Å². The molecule has 4 heteroatoms. The van der Waals surface area contributed by atoms with Gasteiger partial charge in [-0.05, 0) is 43.4 Å². The summed E-state index contributed by atoms with van der Waals surface area (Å²) in [6, 6.07) is 3.93. The third kappa shape index (κ3) is 3.07. The van der Waals surface area contributed by atoms with Crippen molar-refractivity contribution >= 4 is 21.7 Å². The molecule has 3 nitrogen and oxygen atoms in total. The molecule has 0 saturated carbocycles. The third-order valence-electron chi connectivity index (χ3n) is 4.02. The van der Waals surface area contributed by atoms with Gasteiger partial charge in [0.05, 0.1) is 18.3 Å². The fraction of sp³-hybridized carbons (Fsp3) is 0.562. The lowest BCUT2D eigenvalue weighted by atomic mass is 9.98. The van der Waals surface area contributed by atoms with Crippen LogP contribution in [0.25, 0.3) is 0 Å². The van der Waals surface area contributed by atoms with Crippen LogP contribution in [0.15, 0.2) is 16.6 Å². The molecule has 0 spiro atoms. The van der Waals surface area contributed by atoms with E-state index < -0.39 is 0 Å². The second-order valence-corrected chi connectivity index (χ2v) is 6.41. The monoisotopic (exact) mass is 338 g/mol. The van der Waals surface area contributed by atoms with Gasteiger partial charge in [0.1, 0.15) is 5.75 Å². The van der Waals surface area contributed by atoms with E-state index in [4.69, 9.17) is 9.47 Å². The average molecular weight is 339 g/mol. The molecule has 0 amide bonds. The molecule has 1 aromatic carbocycles. The topological polar surface area (TPSA) is 35.5 Å². The van der Waals surface area contributed by atoms with Crippen LogP contribution in [0.4, 0.5) is 0 Å². The standard InChI is InChI=1S/C16H19BrO3/c17-12-9-11-6-8-20-16(11)14(10-12)15(18)5-4-13-3-1-2-7-19-13/h9-10,13H,1-8H2. The Balaban J connectivity index is 1.68. The van der Waals surface area contributed by atoms with Gasteiger partial charge in [-0.1, -0.05) is 15.9 Å². The number of Topliss-reactive ketones (excluding diaryl/α,β-unsaturated/α-hetero) is 1. The molecule has 108 valence electrons. The van der Waals surface area contributed by atoms with Gasteiger partial charge in [0.15, 0.2) is 5.78 Å². The number of hydrogen-bond donors (Lipinski definition) is 0. The molecule has 2 heterocycles. The molecule has 0 radical (unpaired) electrons. The normalized spacial score (nSPS) is 21.4. The SMILES string of the molecule is O=C(CCC1CCCCO1)c1cc(Br)cc2c1OCC2. The Morgan fingerprint density at radius 1 is 1.30 bits per heavy atom. The van der Waals surface area contributed by atoms with Gasteiger partial charge < -0.3 is 9.47 Å². The zero-order valence-corrected chi connectivity index (χ0v) is 13.1. The van der Waals surface area contributed by atoms with E-state index in [1.807, 2.05) is 12.1 Å². The highest BCUT2D eigenvalue weighted by molar-refractivity contribution is 9.10. The van der Waals surface area contributed by atoms with E-state index in [-0.39, 0.29) is 11.9 Å². The van der Waals surface area contributed by atoms with E-state index in [9.17, 15) is 4.79 Å². The van der Waals surface area contributed by atoms with Crippen LogP contribution < -0.4 is 4.74 Å². The number of carbonyl (C=O) groups is 1. The number of hydrogen-bond acceptors (Lipinski definition) is 3. The summed E-state index contributed by atoms with van der Waals surface area (Å²) in [6.45, 7) is 1.52. The molecule has 1 unspecified atom stereocenters. The van der Waals surface area contributed by atoms with E-state index in [0.29, 0.717) is 13.0 Å². The minimum absolute atomic E-state index is 0.165. The highest BCUT2D eigenvalue weighted by Crippen LogP contribution is 2.34. The lowest BCUT2D eigenvalue weighted by molar-refractivity contribution is 0.0104. The van der Waals surface area contributed by atoms with Crippen molar-refractivity contribution in [3.8, 4) is 5.75 Å². The Bertz CT molecular complexity index is 507. The molecule has 3 rings (SSSR count). The van der Waals surface area contributed by atoms with E-state index in [1.54, 1.807) is 0 Å². The minimum Gasteiger partial charge on any atom is -0.492 e. The Morgan fingerprint density at radius 2 is 2.20 bits per heavy atom. The fourth-order valence-electron chi connectivity index (χ4n) is 2.94. The molecule has 1 aromatic rings. The molecule has 20 heavy (non-hydrogen) atoms. The van der Waals surface area contributed by atoms with Crippen molar-refractivity contribution in [3.05, 3.63) is 27.7 Å². The zero-order valence-electron chi connectivity index (χ0n) is 11.5. The largest absolute Gasteiger partial charge is 0.492 e. The molecule has 1 atom stereocenters. The summed E-state index contributed by atoms with van der Waals surface area (Å²) in [5.74, 6) is 0.960. The van der Waals surface area contributed by atoms with Crippen molar-refractivity contribution in [1.29, 1.82) is 0 Å². The molecule has 0 N–H and O–H groups in total. The van der Waals surface area contributed by atoms with Crippen molar-refractivity contribution in [2.75, 3.05) is 13.2 Å². The van der Waals surface area contributed by atoms with Gasteiger partial charge in [-0.25, -0.2) is 0 Å². The first-order valence-electron chi connectivity index (χ1n) is 7.34. The average Bonchev–Trinajstić information content (AvgIpc) is 2.93. The summed E-state index contributed by atoms with van der Waals surface area (Å²) in [7, 11) is 0. The van der Waals surface area contributed by atoms with Crippen molar-refractivity contribution in [3.63, 3.8) is 0 Å². The van der Waals surface area contributed by atoms with Crippen LogP contribution in [0.3, 0.4) is 0 Å². The first-order chi connectivity index (χ1) is 9.74. The molecular weight excluding hydrogens is 320 g/mol. The number of ketones is 1. The van der Waals surface area contributed by atoms with Crippen LogP contribution in [0.1, 0.15) is 48.0 Å². The third-order valence-corrected chi connectivity index (χ3v) is 4.47. The van der Waals surface area contributed by atoms with Gasteiger partial charge >= 0.3 is 0 Å². The number of rotatable bonds is 4. The number of carbonyl (C=O) groups excluding carboxylic acids is 1. The Labute approximate surface area is 127 Å². The molecular formula is C16H19BrO3. The van der Waals surface area contributed by atoms with E-state index >= 15 is 0 Å². The van der Waals surface area contributed by atoms with Crippen LogP contribution >= 0.6 is 15.9 Å². The quantitative estimate of drug-likeness (QED) is 0.780. The number of ether oxygens (including phenoxy) is 2. The molecule has 2 aliphatic rings. The predicted molar refractivity (Wildman–Crippen MR) is 80.5 cm³/mol. The first-order valence-corrected chi connectivity index (χ1v) is 8.13. The van der Waals surface area contributed by atoms with E-state index in [1.165, 1.54) is 6.42 Å². The van der Waals surface area contributed by atoms with Crippen LogP contribution in [0.2, 0.25) is 0 Å². The molecule has 1 fully saturated rings. The van der Waals surface area contributed by atoms with Gasteiger partial charge in [-0.15, -0.1) is 0 Å². The zero-order chi connectivity index (χ0) is 13.9. The van der Waals surface area contributed by atoms with Crippen LogP contribution in [-0.2, 0) is 11.2 Å². The van der Waals surface area contributed by atoms with Gasteiger partial charge in [-0.3, -0.25) is 4.79 Å². The van der Waals surface area contributed by atoms with E-state index in [2.05, 4.69) is 15.9 Å². The van der Waals surface area contributed by atoms with E-state index in [0.717, 1.165) is 53.6 Å². The summed E-state index contributed by atoms with van der Waals surface area (Å²) >= 11 is 3.48. The number of benzene rings is 1. The van der Waals surface area contributed by atoms with Crippen molar-refractivity contribution in [1.82, 2.24) is 0 Å². The van der Waals surface area contributed by atoms with Crippen molar-refractivity contribution in [2.45, 2.75) is 44.6 Å². The summed E-state index contributed by atoms with van der Waals surface area (Å²) in [4.78, 5) is 12.4. The Hall–Kier alpha value is -0.870. The minimum atomic E-state index is 0.165. The Kier molecular flexibility index (Phi) is 4.41. The lowest BCUT2D eigenvalue weighted by Gasteiger charge is -2.22. The second-order valence-electron chi connectivity index (χ2n) is 5.49. The van der Waals surface area contributed by atoms with Crippen LogP contribution in [0.5, 0.6) is 5.75 Å². The van der Waals surface area contributed by atoms with Crippen molar-refractivity contribution < 1.29 is 14.3 Å². The summed E-state index contributed by atoms with van der Waals surface area (Å²) in [5.41, 5.74) is 1.86. The van der Waals surface area contributed by atoms with Gasteiger partial charge in [0.2, 0.25) is 0 Å². The maximum atomic E-state index is 12.4. The van der Waals surface area contributed by atoms with Crippen LogP contribution in [0, 0.1) is 0 Å². The predicted octanol–water partition coefficient (Wildman–Crippen LogP) is 3.92. The van der Waals surface area contributed by atoms with Crippen molar-refractivity contribution in [2.24, 2.45) is 0 Å². The summed E-state index contributed by atoms with van der Waals surface area (Å²) in [5, 5.41) is 0. The maximum absolute atomic E-state index is 12.4. The Morgan fingerprint density at radius 3 is 3.00 bits per heavy atom. The number of fused-ring (bicyclic) bond motifs is 1. The first kappa shape index (κ1) is 14.1. The smallest absolute Gasteiger partial charge is 0.166 e. The summed E-state index contributed by atoms with van der Waals surface area (Å²) in [6.07, 6.45) is 5.96. The second kappa shape index (κ2) is 6.27. The molecule has 2 aliphatic heterocycles. The molecule has 1 saturated heterocycles. The fourth-order valence-corrected chi connectivity index (χ4v) is 3.44. The van der Waals surface area contributed by atoms with Gasteiger partial charge in [0.25, 0.3) is 0 Å². The van der Waals surface area contributed by atoms with Gasteiger partial charge in [-0.2, -0.15) is 0 Å². The lowest BCUT2D eigenvalue weighted by Crippen LogP contribution is -2.20. The molecule has 0 aliphatic carbocycles. The summed E-state index contributed by atoms with van der Waals surface area (Å²) < 4.78 is 12.3. The highest BCUT2D eigenvalue weighted by atomic mass is 79.9. The molecule has 0 bridgehead atoms. The maximum Gasteiger partial charge on any atom is 0.166 e.